The molecule has 0 bridgehead atoms. The Kier molecular flexibility index (Phi) is 6.57. The molecule has 3 aromatic rings. The standard InChI is InChI=1S/C25H23BrNO3P/c1-2-30-25(28)22-17-18-27(24(22)21-15-9-10-16-23(21)26)31(29,19-11-5-3-6-12-19)20-13-7-4-8-14-20/h3-17,24H,2,18H2,1H3. The van der Waals surface area contributed by atoms with Gasteiger partial charge in [0.05, 0.1) is 18.2 Å². The maximum absolute atomic E-state index is 15.0. The smallest absolute Gasteiger partial charge is 0.335 e. The highest BCUT2D eigenvalue weighted by Gasteiger charge is 2.45. The lowest BCUT2D eigenvalue weighted by Gasteiger charge is -2.35. The van der Waals surface area contributed by atoms with Crippen LogP contribution in [0.25, 0.3) is 0 Å². The van der Waals surface area contributed by atoms with E-state index in [0.717, 1.165) is 20.6 Å². The van der Waals surface area contributed by atoms with E-state index in [-0.39, 0.29) is 12.6 Å². The molecule has 0 amide bonds. The number of carbonyl (C=O) groups excluding carboxylic acids is 1. The summed E-state index contributed by atoms with van der Waals surface area (Å²) in [5.41, 5.74) is 1.40. The van der Waals surface area contributed by atoms with Crippen LogP contribution in [0.3, 0.4) is 0 Å². The molecule has 0 spiro atoms. The van der Waals surface area contributed by atoms with Crippen LogP contribution in [-0.4, -0.2) is 23.8 Å². The zero-order valence-electron chi connectivity index (χ0n) is 17.1. The van der Waals surface area contributed by atoms with E-state index in [9.17, 15) is 9.36 Å². The van der Waals surface area contributed by atoms with Crippen LogP contribution in [0, 0.1) is 0 Å². The van der Waals surface area contributed by atoms with Crippen molar-refractivity contribution in [3.63, 3.8) is 0 Å². The van der Waals surface area contributed by atoms with Crippen LogP contribution in [0.1, 0.15) is 18.5 Å². The second-order valence-electron chi connectivity index (χ2n) is 7.17. The molecule has 0 aliphatic carbocycles. The van der Waals surface area contributed by atoms with Gasteiger partial charge in [0, 0.05) is 21.6 Å². The van der Waals surface area contributed by atoms with E-state index in [2.05, 4.69) is 15.9 Å². The molecule has 0 saturated heterocycles. The second kappa shape index (κ2) is 9.35. The number of nitrogens with zero attached hydrogens (tertiary/aromatic N) is 1. The van der Waals surface area contributed by atoms with Gasteiger partial charge in [-0.3, -0.25) is 4.57 Å². The Morgan fingerprint density at radius 3 is 2.06 bits per heavy atom. The first-order valence-electron chi connectivity index (χ1n) is 10.2. The maximum Gasteiger partial charge on any atom is 0.335 e. The van der Waals surface area contributed by atoms with Gasteiger partial charge in [0.15, 0.2) is 0 Å². The van der Waals surface area contributed by atoms with Gasteiger partial charge in [0.25, 0.3) is 0 Å². The number of esters is 1. The van der Waals surface area contributed by atoms with Gasteiger partial charge in [-0.25, -0.2) is 9.46 Å². The van der Waals surface area contributed by atoms with Crippen molar-refractivity contribution < 1.29 is 14.1 Å². The molecular formula is C25H23BrNO3P. The third-order valence-corrected chi connectivity index (χ3v) is 9.21. The molecule has 1 unspecified atom stereocenters. The number of rotatable bonds is 6. The summed E-state index contributed by atoms with van der Waals surface area (Å²) in [5.74, 6) is -0.376. The lowest BCUT2D eigenvalue weighted by Crippen LogP contribution is -2.34. The van der Waals surface area contributed by atoms with Crippen LogP contribution < -0.4 is 10.6 Å². The summed E-state index contributed by atoms with van der Waals surface area (Å²) in [7, 11) is -3.26. The number of hydrogen-bond donors (Lipinski definition) is 0. The van der Waals surface area contributed by atoms with Gasteiger partial charge in [0.2, 0.25) is 7.29 Å². The molecule has 1 atom stereocenters. The predicted octanol–water partition coefficient (Wildman–Crippen LogP) is 5.22. The summed E-state index contributed by atoms with van der Waals surface area (Å²) >= 11 is 3.63. The van der Waals surface area contributed by atoms with Gasteiger partial charge in [-0.2, -0.15) is 0 Å². The van der Waals surface area contributed by atoms with Gasteiger partial charge in [0.1, 0.15) is 0 Å². The molecule has 1 aliphatic heterocycles. The van der Waals surface area contributed by atoms with Crippen molar-refractivity contribution in [2.24, 2.45) is 0 Å². The lowest BCUT2D eigenvalue weighted by molar-refractivity contribution is -0.138. The number of benzene rings is 3. The number of halogens is 1. The van der Waals surface area contributed by atoms with Crippen LogP contribution in [0.2, 0.25) is 0 Å². The molecular weight excluding hydrogens is 473 g/mol. The van der Waals surface area contributed by atoms with Gasteiger partial charge < -0.3 is 4.74 Å². The normalized spacial score (nSPS) is 16.7. The van der Waals surface area contributed by atoms with E-state index in [0.29, 0.717) is 12.1 Å². The van der Waals surface area contributed by atoms with Crippen molar-refractivity contribution in [1.82, 2.24) is 4.67 Å². The molecule has 3 aromatic carbocycles. The maximum atomic E-state index is 15.0. The number of hydrogen-bond acceptors (Lipinski definition) is 3. The fourth-order valence-corrected chi connectivity index (χ4v) is 7.42. The summed E-state index contributed by atoms with van der Waals surface area (Å²) in [5, 5.41) is 1.47. The average molecular weight is 496 g/mol. The minimum Gasteiger partial charge on any atom is -0.463 e. The number of ether oxygens (including phenoxy) is 1. The molecule has 0 N–H and O–H groups in total. The Morgan fingerprint density at radius 2 is 1.52 bits per heavy atom. The Labute approximate surface area is 191 Å². The highest BCUT2D eigenvalue weighted by atomic mass is 79.9. The summed E-state index contributed by atoms with van der Waals surface area (Å²) in [6.07, 6.45) is 1.85. The van der Waals surface area contributed by atoms with Crippen LogP contribution in [-0.2, 0) is 14.1 Å². The van der Waals surface area contributed by atoms with Crippen molar-refractivity contribution in [1.29, 1.82) is 0 Å². The van der Waals surface area contributed by atoms with Crippen molar-refractivity contribution >= 4 is 39.8 Å². The molecule has 0 fully saturated rings. The Morgan fingerprint density at radius 1 is 0.968 bits per heavy atom. The molecule has 1 aliphatic rings. The van der Waals surface area contributed by atoms with Gasteiger partial charge in [-0.1, -0.05) is 76.6 Å². The largest absolute Gasteiger partial charge is 0.463 e. The molecule has 0 radical (unpaired) electrons. The zero-order chi connectivity index (χ0) is 21.8. The average Bonchev–Trinajstić information content (AvgIpc) is 3.26. The number of carbonyl (C=O) groups is 1. The first-order valence-corrected chi connectivity index (χ1v) is 12.6. The van der Waals surface area contributed by atoms with Gasteiger partial charge in [-0.05, 0) is 42.8 Å². The second-order valence-corrected chi connectivity index (χ2v) is 10.7. The molecule has 6 heteroatoms. The van der Waals surface area contributed by atoms with Crippen molar-refractivity contribution in [3.05, 3.63) is 107 Å². The minimum atomic E-state index is -3.26. The highest BCUT2D eigenvalue weighted by molar-refractivity contribution is 9.10. The van der Waals surface area contributed by atoms with Crippen molar-refractivity contribution in [2.45, 2.75) is 13.0 Å². The Bertz CT molecular complexity index is 1100. The summed E-state index contributed by atoms with van der Waals surface area (Å²) in [6.45, 7) is 2.45. The van der Waals surface area contributed by atoms with Crippen molar-refractivity contribution in [2.75, 3.05) is 13.2 Å². The molecule has 0 aromatic heterocycles. The summed E-state index contributed by atoms with van der Waals surface area (Å²) in [4.78, 5) is 12.9. The fraction of sp³-hybridized carbons (Fsp3) is 0.160. The Balaban J connectivity index is 1.91. The Hall–Kier alpha value is -2.46. The quantitative estimate of drug-likeness (QED) is 0.347. The first kappa shape index (κ1) is 21.8. The third-order valence-electron chi connectivity index (χ3n) is 5.38. The van der Waals surface area contributed by atoms with E-state index < -0.39 is 13.3 Å². The highest BCUT2D eigenvalue weighted by Crippen LogP contribution is 2.56. The topological polar surface area (TPSA) is 46.6 Å². The molecule has 0 saturated carbocycles. The SMILES string of the molecule is CCOC(=O)C1=CCN(P(=O)(c2ccccc2)c2ccccc2)C1c1ccccc1Br. The third kappa shape index (κ3) is 4.06. The van der Waals surface area contributed by atoms with Crippen LogP contribution in [0.4, 0.5) is 0 Å². The molecule has 158 valence electrons. The molecule has 1 heterocycles. The van der Waals surface area contributed by atoms with Crippen molar-refractivity contribution in [3.8, 4) is 0 Å². The molecule has 4 rings (SSSR count). The molecule has 4 nitrogen and oxygen atoms in total. The fourth-order valence-electron chi connectivity index (χ4n) is 3.99. The van der Waals surface area contributed by atoms with E-state index >= 15 is 0 Å². The van der Waals surface area contributed by atoms with Crippen LogP contribution >= 0.6 is 23.2 Å². The van der Waals surface area contributed by atoms with Gasteiger partial charge in [-0.15, -0.1) is 0 Å². The summed E-state index contributed by atoms with van der Waals surface area (Å²) < 4.78 is 23.1. The van der Waals surface area contributed by atoms with Crippen LogP contribution in [0.15, 0.2) is 101 Å². The van der Waals surface area contributed by atoms with E-state index in [4.69, 9.17) is 4.74 Å². The minimum absolute atomic E-state index is 0.286. The first-order chi connectivity index (χ1) is 15.1. The monoisotopic (exact) mass is 495 g/mol. The van der Waals surface area contributed by atoms with Gasteiger partial charge >= 0.3 is 5.97 Å². The van der Waals surface area contributed by atoms with Crippen LogP contribution in [0.5, 0.6) is 0 Å². The predicted molar refractivity (Wildman–Crippen MR) is 128 cm³/mol. The lowest BCUT2D eigenvalue weighted by atomic mass is 10.0. The van der Waals surface area contributed by atoms with E-state index in [1.54, 1.807) is 6.92 Å². The molecule has 31 heavy (non-hydrogen) atoms. The van der Waals surface area contributed by atoms with E-state index in [1.807, 2.05) is 95.7 Å². The zero-order valence-corrected chi connectivity index (χ0v) is 19.6. The van der Waals surface area contributed by atoms with E-state index in [1.165, 1.54) is 0 Å². The summed E-state index contributed by atoms with van der Waals surface area (Å²) in [6, 6.07) is 26.2.